The molecule has 1 spiro atoms. The number of nitrogens with zero attached hydrogens (tertiary/aromatic N) is 2. The Morgan fingerprint density at radius 2 is 1.65 bits per heavy atom. The van der Waals surface area contributed by atoms with Crippen LogP contribution in [0.4, 0.5) is 0 Å². The van der Waals surface area contributed by atoms with E-state index in [0.29, 0.717) is 30.5 Å². The van der Waals surface area contributed by atoms with Gasteiger partial charge in [-0.05, 0) is 43.6 Å². The summed E-state index contributed by atoms with van der Waals surface area (Å²) in [6.07, 6.45) is 5.85. The summed E-state index contributed by atoms with van der Waals surface area (Å²) in [5.74, 6) is 0.700. The SMILES string of the molecule is CCC(C(C)C)N1CCC2(CCN(S(C)(=O)=O)CC2)C1. The van der Waals surface area contributed by atoms with E-state index in [9.17, 15) is 8.42 Å². The molecule has 2 heterocycles. The average molecular weight is 302 g/mol. The van der Waals surface area contributed by atoms with Crippen molar-refractivity contribution in [2.75, 3.05) is 32.4 Å². The van der Waals surface area contributed by atoms with Crippen molar-refractivity contribution in [1.82, 2.24) is 9.21 Å². The Kier molecular flexibility index (Phi) is 4.82. The van der Waals surface area contributed by atoms with Crippen molar-refractivity contribution < 1.29 is 8.42 Å². The van der Waals surface area contributed by atoms with Gasteiger partial charge in [-0.15, -0.1) is 0 Å². The van der Waals surface area contributed by atoms with Gasteiger partial charge in [-0.25, -0.2) is 12.7 Å². The van der Waals surface area contributed by atoms with Gasteiger partial charge >= 0.3 is 0 Å². The molecular formula is C15H30N2O2S. The van der Waals surface area contributed by atoms with Crippen LogP contribution in [-0.2, 0) is 10.0 Å². The third-order valence-corrected chi connectivity index (χ3v) is 6.68. The Morgan fingerprint density at radius 1 is 1.10 bits per heavy atom. The molecule has 0 aromatic rings. The van der Waals surface area contributed by atoms with Crippen LogP contribution in [0.3, 0.4) is 0 Å². The third-order valence-electron chi connectivity index (χ3n) is 5.38. The molecule has 0 bridgehead atoms. The van der Waals surface area contributed by atoms with Crippen molar-refractivity contribution in [3.8, 4) is 0 Å². The minimum atomic E-state index is -3.00. The van der Waals surface area contributed by atoms with E-state index >= 15 is 0 Å². The molecule has 2 saturated heterocycles. The zero-order chi connectivity index (χ0) is 15.0. The van der Waals surface area contributed by atoms with Crippen molar-refractivity contribution in [1.29, 1.82) is 0 Å². The highest BCUT2D eigenvalue weighted by molar-refractivity contribution is 7.88. The number of piperidine rings is 1. The van der Waals surface area contributed by atoms with Gasteiger partial charge in [-0.1, -0.05) is 20.8 Å². The molecule has 0 aromatic heterocycles. The molecule has 0 radical (unpaired) electrons. The second-order valence-electron chi connectivity index (χ2n) is 7.10. The summed E-state index contributed by atoms with van der Waals surface area (Å²) in [6.45, 7) is 10.7. The van der Waals surface area contributed by atoms with Gasteiger partial charge in [0.1, 0.15) is 0 Å². The normalized spacial score (nSPS) is 26.4. The van der Waals surface area contributed by atoms with Crippen LogP contribution in [0.1, 0.15) is 46.5 Å². The van der Waals surface area contributed by atoms with Crippen LogP contribution in [0.15, 0.2) is 0 Å². The Balaban J connectivity index is 1.96. The highest BCUT2D eigenvalue weighted by atomic mass is 32.2. The summed E-state index contributed by atoms with van der Waals surface area (Å²) in [6, 6.07) is 0.683. The first-order valence-corrected chi connectivity index (χ1v) is 9.81. The predicted octanol–water partition coefficient (Wildman–Crippen LogP) is 2.17. The van der Waals surface area contributed by atoms with E-state index < -0.39 is 10.0 Å². The highest BCUT2D eigenvalue weighted by Crippen LogP contribution is 2.42. The summed E-state index contributed by atoms with van der Waals surface area (Å²) in [7, 11) is -3.00. The maximum Gasteiger partial charge on any atom is 0.211 e. The standard InChI is InChI=1S/C15H30N2O2S/c1-5-14(13(2)3)16-9-6-15(12-16)7-10-17(11-8-15)20(4,18)19/h13-14H,5-12H2,1-4H3. The molecule has 0 aromatic carbocycles. The summed E-state index contributed by atoms with van der Waals surface area (Å²) in [5, 5.41) is 0. The first kappa shape index (κ1) is 16.2. The molecule has 0 amide bonds. The second kappa shape index (κ2) is 5.93. The number of hydrogen-bond donors (Lipinski definition) is 0. The molecule has 2 aliphatic rings. The van der Waals surface area contributed by atoms with Crippen LogP contribution in [0.5, 0.6) is 0 Å². The highest BCUT2D eigenvalue weighted by Gasteiger charge is 2.43. The smallest absolute Gasteiger partial charge is 0.211 e. The fraction of sp³-hybridized carbons (Fsp3) is 1.00. The largest absolute Gasteiger partial charge is 0.300 e. The molecule has 2 aliphatic heterocycles. The molecular weight excluding hydrogens is 272 g/mol. The van der Waals surface area contributed by atoms with Crippen LogP contribution in [0.2, 0.25) is 0 Å². The number of rotatable bonds is 4. The van der Waals surface area contributed by atoms with Gasteiger partial charge in [-0.2, -0.15) is 0 Å². The molecule has 0 saturated carbocycles. The van der Waals surface area contributed by atoms with E-state index in [2.05, 4.69) is 25.7 Å². The minimum Gasteiger partial charge on any atom is -0.300 e. The van der Waals surface area contributed by atoms with Crippen LogP contribution in [-0.4, -0.2) is 56.1 Å². The Bertz CT molecular complexity index is 425. The van der Waals surface area contributed by atoms with E-state index in [4.69, 9.17) is 0 Å². The Labute approximate surface area is 124 Å². The quantitative estimate of drug-likeness (QED) is 0.799. The topological polar surface area (TPSA) is 40.6 Å². The Morgan fingerprint density at radius 3 is 2.10 bits per heavy atom. The van der Waals surface area contributed by atoms with Crippen LogP contribution in [0.25, 0.3) is 0 Å². The first-order chi connectivity index (χ1) is 9.27. The van der Waals surface area contributed by atoms with E-state index in [1.807, 2.05) is 0 Å². The fourth-order valence-electron chi connectivity index (χ4n) is 4.10. The van der Waals surface area contributed by atoms with Gasteiger partial charge < -0.3 is 0 Å². The zero-order valence-electron chi connectivity index (χ0n) is 13.4. The van der Waals surface area contributed by atoms with Gasteiger partial charge in [0, 0.05) is 25.7 Å². The van der Waals surface area contributed by atoms with Crippen molar-refractivity contribution in [3.63, 3.8) is 0 Å². The summed E-state index contributed by atoms with van der Waals surface area (Å²) >= 11 is 0. The molecule has 0 N–H and O–H groups in total. The van der Waals surface area contributed by atoms with Crippen LogP contribution < -0.4 is 0 Å². The summed E-state index contributed by atoms with van der Waals surface area (Å²) in [4.78, 5) is 2.65. The number of likely N-dealkylation sites (tertiary alicyclic amines) is 1. The number of hydrogen-bond acceptors (Lipinski definition) is 3. The number of sulfonamides is 1. The van der Waals surface area contributed by atoms with E-state index in [0.717, 1.165) is 12.8 Å². The minimum absolute atomic E-state index is 0.378. The van der Waals surface area contributed by atoms with Gasteiger partial charge in [0.15, 0.2) is 0 Å². The molecule has 2 rings (SSSR count). The molecule has 1 unspecified atom stereocenters. The lowest BCUT2D eigenvalue weighted by molar-refractivity contribution is 0.123. The molecule has 1 atom stereocenters. The maximum atomic E-state index is 11.6. The summed E-state index contributed by atoms with van der Waals surface area (Å²) < 4.78 is 24.9. The zero-order valence-corrected chi connectivity index (χ0v) is 14.2. The van der Waals surface area contributed by atoms with Crippen LogP contribution >= 0.6 is 0 Å². The predicted molar refractivity (Wildman–Crippen MR) is 83.2 cm³/mol. The lowest BCUT2D eigenvalue weighted by atomic mass is 9.78. The fourth-order valence-corrected chi connectivity index (χ4v) is 4.95. The molecule has 4 nitrogen and oxygen atoms in total. The van der Waals surface area contributed by atoms with Gasteiger partial charge in [0.2, 0.25) is 10.0 Å². The van der Waals surface area contributed by atoms with Gasteiger partial charge in [0.05, 0.1) is 6.26 Å². The second-order valence-corrected chi connectivity index (χ2v) is 9.08. The van der Waals surface area contributed by atoms with Crippen LogP contribution in [0, 0.1) is 11.3 Å². The summed E-state index contributed by atoms with van der Waals surface area (Å²) in [5.41, 5.74) is 0.378. The van der Waals surface area contributed by atoms with Gasteiger partial charge in [0.25, 0.3) is 0 Å². The average Bonchev–Trinajstić information content (AvgIpc) is 2.73. The van der Waals surface area contributed by atoms with E-state index in [1.165, 1.54) is 32.2 Å². The third kappa shape index (κ3) is 3.37. The maximum absolute atomic E-state index is 11.6. The van der Waals surface area contributed by atoms with Crippen molar-refractivity contribution >= 4 is 10.0 Å². The molecule has 20 heavy (non-hydrogen) atoms. The molecule has 0 aliphatic carbocycles. The lowest BCUT2D eigenvalue weighted by Crippen LogP contribution is -2.45. The van der Waals surface area contributed by atoms with Crippen molar-refractivity contribution in [2.45, 2.75) is 52.5 Å². The van der Waals surface area contributed by atoms with Crippen molar-refractivity contribution in [2.24, 2.45) is 11.3 Å². The van der Waals surface area contributed by atoms with Crippen molar-refractivity contribution in [3.05, 3.63) is 0 Å². The van der Waals surface area contributed by atoms with Gasteiger partial charge in [-0.3, -0.25) is 4.90 Å². The van der Waals surface area contributed by atoms with E-state index in [1.54, 1.807) is 4.31 Å². The molecule has 118 valence electrons. The molecule has 5 heteroatoms. The molecule has 2 fully saturated rings. The Hall–Kier alpha value is -0.130. The lowest BCUT2D eigenvalue weighted by Gasteiger charge is -2.39. The van der Waals surface area contributed by atoms with E-state index in [-0.39, 0.29) is 0 Å². The first-order valence-electron chi connectivity index (χ1n) is 7.96. The monoisotopic (exact) mass is 302 g/mol.